The third-order valence-corrected chi connectivity index (χ3v) is 5.57. The predicted octanol–water partition coefficient (Wildman–Crippen LogP) is 3.55. The van der Waals surface area contributed by atoms with Gasteiger partial charge in [-0.2, -0.15) is 11.8 Å². The first-order valence-corrected chi connectivity index (χ1v) is 9.15. The van der Waals surface area contributed by atoms with Crippen LogP contribution in [0.4, 0.5) is 5.69 Å². The molecule has 0 saturated heterocycles. The maximum atomic E-state index is 12.4. The van der Waals surface area contributed by atoms with Crippen LogP contribution in [0.1, 0.15) is 24.8 Å². The highest BCUT2D eigenvalue weighted by Crippen LogP contribution is 2.43. The van der Waals surface area contributed by atoms with Crippen molar-refractivity contribution in [3.63, 3.8) is 0 Å². The first-order chi connectivity index (χ1) is 11.1. The first kappa shape index (κ1) is 16.1. The fraction of sp³-hybridized carbons (Fsp3) is 0.444. The number of carbonyl (C=O) groups is 2. The van der Waals surface area contributed by atoms with Gasteiger partial charge in [-0.15, -0.1) is 0 Å². The molecule has 1 aromatic carbocycles. The SMILES string of the molecule is O=C(O)CCSCc1cccc(NC(=O)C2CC3C=CC2C3)c1. The molecule has 2 aliphatic carbocycles. The maximum Gasteiger partial charge on any atom is 0.304 e. The van der Waals surface area contributed by atoms with Crippen molar-refractivity contribution < 1.29 is 14.7 Å². The Kier molecular flexibility index (Phi) is 5.06. The fourth-order valence-electron chi connectivity index (χ4n) is 3.41. The normalized spacial score (nSPS) is 24.8. The van der Waals surface area contributed by atoms with E-state index >= 15 is 0 Å². The summed E-state index contributed by atoms with van der Waals surface area (Å²) in [4.78, 5) is 22.9. The molecule has 122 valence electrons. The van der Waals surface area contributed by atoms with Crippen LogP contribution in [-0.4, -0.2) is 22.7 Å². The van der Waals surface area contributed by atoms with E-state index in [0.29, 0.717) is 17.6 Å². The molecule has 2 bridgehead atoms. The molecule has 0 aromatic heterocycles. The summed E-state index contributed by atoms with van der Waals surface area (Å²) in [5.74, 6) is 1.83. The molecule has 23 heavy (non-hydrogen) atoms. The second kappa shape index (κ2) is 7.21. The molecule has 1 amide bonds. The number of rotatable bonds is 7. The Morgan fingerprint density at radius 1 is 1.26 bits per heavy atom. The minimum absolute atomic E-state index is 0.110. The number of allylic oxidation sites excluding steroid dienone is 2. The number of benzene rings is 1. The highest BCUT2D eigenvalue weighted by Gasteiger charge is 2.39. The van der Waals surface area contributed by atoms with Crippen LogP contribution in [0.15, 0.2) is 36.4 Å². The number of amides is 1. The summed E-state index contributed by atoms with van der Waals surface area (Å²) in [6.07, 6.45) is 6.70. The van der Waals surface area contributed by atoms with Crippen LogP contribution in [0.5, 0.6) is 0 Å². The van der Waals surface area contributed by atoms with Gasteiger partial charge >= 0.3 is 5.97 Å². The van der Waals surface area contributed by atoms with Crippen LogP contribution in [-0.2, 0) is 15.3 Å². The Balaban J connectivity index is 1.52. The van der Waals surface area contributed by atoms with Crippen molar-refractivity contribution >= 4 is 29.3 Å². The van der Waals surface area contributed by atoms with Crippen LogP contribution in [0.2, 0.25) is 0 Å². The van der Waals surface area contributed by atoms with E-state index in [1.165, 1.54) is 0 Å². The number of anilines is 1. The quantitative estimate of drug-likeness (QED) is 0.592. The summed E-state index contributed by atoms with van der Waals surface area (Å²) in [5, 5.41) is 11.7. The number of nitrogens with one attached hydrogen (secondary N) is 1. The molecule has 0 spiro atoms. The minimum atomic E-state index is -0.765. The van der Waals surface area contributed by atoms with Crippen LogP contribution in [0, 0.1) is 17.8 Å². The van der Waals surface area contributed by atoms with Crippen LogP contribution >= 0.6 is 11.8 Å². The van der Waals surface area contributed by atoms with Gasteiger partial charge in [-0.1, -0.05) is 24.3 Å². The zero-order valence-electron chi connectivity index (χ0n) is 12.9. The lowest BCUT2D eigenvalue weighted by molar-refractivity contribution is -0.136. The topological polar surface area (TPSA) is 66.4 Å². The molecule has 1 saturated carbocycles. The van der Waals surface area contributed by atoms with E-state index in [4.69, 9.17) is 5.11 Å². The smallest absolute Gasteiger partial charge is 0.304 e. The highest BCUT2D eigenvalue weighted by atomic mass is 32.2. The van der Waals surface area contributed by atoms with Gasteiger partial charge in [0.05, 0.1) is 6.42 Å². The summed E-state index contributed by atoms with van der Waals surface area (Å²) in [6, 6.07) is 7.83. The van der Waals surface area contributed by atoms with E-state index in [2.05, 4.69) is 17.5 Å². The van der Waals surface area contributed by atoms with Gasteiger partial charge in [0.25, 0.3) is 0 Å². The number of carboxylic acids is 1. The number of carboxylic acid groups (broad SMARTS) is 1. The minimum Gasteiger partial charge on any atom is -0.481 e. The molecule has 3 unspecified atom stereocenters. The van der Waals surface area contributed by atoms with Gasteiger partial charge in [0, 0.05) is 23.1 Å². The average Bonchev–Trinajstić information content (AvgIpc) is 3.15. The van der Waals surface area contributed by atoms with Crippen molar-refractivity contribution in [1.29, 1.82) is 0 Å². The molecule has 3 rings (SSSR count). The number of aliphatic carboxylic acids is 1. The second-order valence-corrected chi connectivity index (χ2v) is 7.38. The largest absolute Gasteiger partial charge is 0.481 e. The Morgan fingerprint density at radius 3 is 2.83 bits per heavy atom. The summed E-state index contributed by atoms with van der Waals surface area (Å²) >= 11 is 1.59. The van der Waals surface area contributed by atoms with Gasteiger partial charge in [0.1, 0.15) is 0 Å². The van der Waals surface area contributed by atoms with Crippen LogP contribution < -0.4 is 5.32 Å². The van der Waals surface area contributed by atoms with Gasteiger partial charge in [-0.25, -0.2) is 0 Å². The molecule has 1 aromatic rings. The van der Waals surface area contributed by atoms with E-state index in [9.17, 15) is 9.59 Å². The lowest BCUT2D eigenvalue weighted by atomic mass is 9.93. The molecule has 3 atom stereocenters. The number of carbonyl (C=O) groups excluding carboxylic acids is 1. The van der Waals surface area contributed by atoms with Crippen molar-refractivity contribution in [2.45, 2.75) is 25.0 Å². The Hall–Kier alpha value is -1.75. The second-order valence-electron chi connectivity index (χ2n) is 6.27. The third-order valence-electron chi connectivity index (χ3n) is 4.54. The molecule has 0 aliphatic heterocycles. The van der Waals surface area contributed by atoms with Gasteiger partial charge < -0.3 is 10.4 Å². The summed E-state index contributed by atoms with van der Waals surface area (Å²) in [5.41, 5.74) is 1.93. The van der Waals surface area contributed by atoms with E-state index < -0.39 is 5.97 Å². The monoisotopic (exact) mass is 331 g/mol. The van der Waals surface area contributed by atoms with Crippen molar-refractivity contribution in [2.24, 2.45) is 17.8 Å². The van der Waals surface area contributed by atoms with Gasteiger partial charge in [0.2, 0.25) is 5.91 Å². The van der Waals surface area contributed by atoms with E-state index in [1.54, 1.807) is 11.8 Å². The third kappa shape index (κ3) is 4.16. The fourth-order valence-corrected chi connectivity index (χ4v) is 4.28. The van der Waals surface area contributed by atoms with Crippen molar-refractivity contribution in [2.75, 3.05) is 11.1 Å². The summed E-state index contributed by atoms with van der Waals surface area (Å²) in [6.45, 7) is 0. The average molecular weight is 331 g/mol. The Morgan fingerprint density at radius 2 is 2.13 bits per heavy atom. The summed E-state index contributed by atoms with van der Waals surface area (Å²) in [7, 11) is 0. The van der Waals surface area contributed by atoms with Gasteiger partial charge in [0.15, 0.2) is 0 Å². The number of hydrogen-bond donors (Lipinski definition) is 2. The molecule has 4 nitrogen and oxygen atoms in total. The molecule has 2 aliphatic rings. The zero-order valence-corrected chi connectivity index (χ0v) is 13.7. The number of thioether (sulfide) groups is 1. The molecule has 0 heterocycles. The van der Waals surface area contributed by atoms with Crippen molar-refractivity contribution in [3.05, 3.63) is 42.0 Å². The lowest BCUT2D eigenvalue weighted by Crippen LogP contribution is -2.25. The zero-order chi connectivity index (χ0) is 16.2. The first-order valence-electron chi connectivity index (χ1n) is 7.99. The molecule has 2 N–H and O–H groups in total. The van der Waals surface area contributed by atoms with E-state index in [-0.39, 0.29) is 18.2 Å². The number of hydrogen-bond acceptors (Lipinski definition) is 3. The Labute approximate surface area is 140 Å². The highest BCUT2D eigenvalue weighted by molar-refractivity contribution is 7.98. The Bertz CT molecular complexity index is 628. The predicted molar refractivity (Wildman–Crippen MR) is 92.3 cm³/mol. The lowest BCUT2D eigenvalue weighted by Gasteiger charge is -2.17. The maximum absolute atomic E-state index is 12.4. The summed E-state index contributed by atoms with van der Waals surface area (Å²) < 4.78 is 0. The van der Waals surface area contributed by atoms with Crippen LogP contribution in [0.3, 0.4) is 0 Å². The molecule has 5 heteroatoms. The van der Waals surface area contributed by atoms with Gasteiger partial charge in [-0.3, -0.25) is 9.59 Å². The molecule has 0 radical (unpaired) electrons. The van der Waals surface area contributed by atoms with E-state index in [0.717, 1.165) is 29.8 Å². The molecular formula is C18H21NO3S. The standard InChI is InChI=1S/C18H21NO3S/c20-17(21)6-7-23-11-13-2-1-3-15(9-13)19-18(22)16-10-12-4-5-14(16)8-12/h1-5,9,12,14,16H,6-8,10-11H2,(H,19,22)(H,20,21). The van der Waals surface area contributed by atoms with Crippen molar-refractivity contribution in [1.82, 2.24) is 0 Å². The van der Waals surface area contributed by atoms with Gasteiger partial charge in [-0.05, 0) is 42.4 Å². The number of fused-ring (bicyclic) bond motifs is 2. The van der Waals surface area contributed by atoms with Crippen LogP contribution in [0.25, 0.3) is 0 Å². The van der Waals surface area contributed by atoms with Crippen molar-refractivity contribution in [3.8, 4) is 0 Å². The molecular weight excluding hydrogens is 310 g/mol. The van der Waals surface area contributed by atoms with E-state index in [1.807, 2.05) is 24.3 Å². The molecule has 1 fully saturated rings.